The number of carboxylic acids is 1. The van der Waals surface area contributed by atoms with E-state index in [1.54, 1.807) is 24.3 Å². The van der Waals surface area contributed by atoms with E-state index in [9.17, 15) is 14.4 Å². The predicted octanol–water partition coefficient (Wildman–Crippen LogP) is 0.478. The molecule has 108 valence electrons. The molecule has 8 nitrogen and oxygen atoms in total. The molecule has 0 bridgehead atoms. The highest BCUT2D eigenvalue weighted by Gasteiger charge is 2.05. The zero-order valence-corrected chi connectivity index (χ0v) is 10.8. The first kappa shape index (κ1) is 15.4. The first-order valence-corrected chi connectivity index (χ1v) is 5.69. The molecular weight excluding hydrogens is 266 g/mol. The molecule has 0 radical (unpaired) electrons. The Balaban J connectivity index is 2.42. The molecule has 0 aliphatic carbocycles. The third kappa shape index (κ3) is 5.83. The number of rotatable bonds is 6. The van der Waals surface area contributed by atoms with E-state index in [1.807, 2.05) is 0 Å². The molecule has 1 rings (SSSR count). The summed E-state index contributed by atoms with van der Waals surface area (Å²) >= 11 is 0. The predicted molar refractivity (Wildman–Crippen MR) is 71.6 cm³/mol. The van der Waals surface area contributed by atoms with E-state index in [2.05, 4.69) is 20.7 Å². The number of carbonyl (C=O) groups excluding carboxylic acids is 2. The van der Waals surface area contributed by atoms with Gasteiger partial charge in [0.1, 0.15) is 13.2 Å². The van der Waals surface area contributed by atoms with Gasteiger partial charge in [-0.05, 0) is 24.3 Å². The van der Waals surface area contributed by atoms with E-state index in [4.69, 9.17) is 5.11 Å². The summed E-state index contributed by atoms with van der Waals surface area (Å²) in [5.41, 5.74) is 1.08. The highest BCUT2D eigenvalue weighted by atomic mass is 16.5. The van der Waals surface area contributed by atoms with Crippen molar-refractivity contribution in [2.75, 3.05) is 30.9 Å². The zero-order valence-electron chi connectivity index (χ0n) is 10.8. The molecule has 0 aliphatic rings. The van der Waals surface area contributed by atoms with Crippen LogP contribution in [0.2, 0.25) is 0 Å². The van der Waals surface area contributed by atoms with Crippen molar-refractivity contribution in [3.8, 4) is 0 Å². The number of hydrogen-bond donors (Lipinski definition) is 4. The average molecular weight is 281 g/mol. The van der Waals surface area contributed by atoms with Crippen molar-refractivity contribution in [3.05, 3.63) is 24.3 Å². The van der Waals surface area contributed by atoms with Gasteiger partial charge >= 0.3 is 12.0 Å². The second-order valence-electron chi connectivity index (χ2n) is 3.72. The van der Waals surface area contributed by atoms with E-state index in [1.165, 1.54) is 7.05 Å². The van der Waals surface area contributed by atoms with Crippen LogP contribution in [0.3, 0.4) is 0 Å². The summed E-state index contributed by atoms with van der Waals surface area (Å²) in [6.45, 7) is -0.868. The second-order valence-corrected chi connectivity index (χ2v) is 3.72. The van der Waals surface area contributed by atoms with Gasteiger partial charge in [-0.15, -0.1) is 0 Å². The van der Waals surface area contributed by atoms with E-state index >= 15 is 0 Å². The van der Waals surface area contributed by atoms with Gasteiger partial charge in [0.05, 0.1) is 0 Å². The van der Waals surface area contributed by atoms with Crippen LogP contribution >= 0.6 is 0 Å². The Morgan fingerprint density at radius 1 is 1.05 bits per heavy atom. The number of amides is 3. The lowest BCUT2D eigenvalue weighted by atomic mass is 10.3. The molecule has 3 amide bonds. The Morgan fingerprint density at radius 3 is 2.10 bits per heavy atom. The van der Waals surface area contributed by atoms with E-state index in [-0.39, 0.29) is 12.6 Å². The molecule has 0 saturated carbocycles. The number of carboxylic acid groups (broad SMARTS) is 1. The summed E-state index contributed by atoms with van der Waals surface area (Å²) in [6, 6.07) is 6.08. The monoisotopic (exact) mass is 281 g/mol. The molecular formula is C12H15N3O5. The fourth-order valence-electron chi connectivity index (χ4n) is 1.26. The summed E-state index contributed by atoms with van der Waals surface area (Å²) in [4.78, 5) is 32.6. The van der Waals surface area contributed by atoms with Crippen LogP contribution in [0.15, 0.2) is 24.3 Å². The summed E-state index contributed by atoms with van der Waals surface area (Å²) in [7, 11) is 1.50. The van der Waals surface area contributed by atoms with Gasteiger partial charge in [0.15, 0.2) is 0 Å². The minimum absolute atomic E-state index is 0.343. The maximum Gasteiger partial charge on any atom is 0.329 e. The van der Waals surface area contributed by atoms with E-state index < -0.39 is 18.5 Å². The van der Waals surface area contributed by atoms with Crippen LogP contribution in [0.4, 0.5) is 16.2 Å². The van der Waals surface area contributed by atoms with Crippen LogP contribution in [-0.4, -0.2) is 43.3 Å². The van der Waals surface area contributed by atoms with Gasteiger partial charge in [-0.3, -0.25) is 4.79 Å². The van der Waals surface area contributed by atoms with Crippen LogP contribution in [0, 0.1) is 0 Å². The topological polar surface area (TPSA) is 117 Å². The SMILES string of the molecule is CNC(=O)Nc1ccc(NC(=O)COCC(=O)O)cc1. The van der Waals surface area contributed by atoms with Gasteiger partial charge < -0.3 is 25.8 Å². The zero-order chi connectivity index (χ0) is 15.0. The molecule has 0 spiro atoms. The van der Waals surface area contributed by atoms with Crippen molar-refractivity contribution in [2.45, 2.75) is 0 Å². The second kappa shape index (κ2) is 7.74. The van der Waals surface area contributed by atoms with Gasteiger partial charge in [0.25, 0.3) is 0 Å². The Morgan fingerprint density at radius 2 is 1.60 bits per heavy atom. The van der Waals surface area contributed by atoms with Crippen LogP contribution in [0.1, 0.15) is 0 Å². The van der Waals surface area contributed by atoms with Crippen molar-refractivity contribution in [2.24, 2.45) is 0 Å². The van der Waals surface area contributed by atoms with E-state index in [0.717, 1.165) is 0 Å². The quantitative estimate of drug-likeness (QED) is 0.605. The normalized spacial score (nSPS) is 9.65. The third-order valence-corrected chi connectivity index (χ3v) is 2.11. The molecule has 8 heteroatoms. The van der Waals surface area contributed by atoms with Crippen molar-refractivity contribution in [1.29, 1.82) is 0 Å². The molecule has 0 aromatic heterocycles. The summed E-state index contributed by atoms with van der Waals surface area (Å²) in [5, 5.41) is 15.8. The molecule has 1 aromatic carbocycles. The number of nitrogens with one attached hydrogen (secondary N) is 3. The maximum absolute atomic E-state index is 11.4. The summed E-state index contributed by atoms with van der Waals surface area (Å²) in [6.07, 6.45) is 0. The highest BCUT2D eigenvalue weighted by Crippen LogP contribution is 2.13. The average Bonchev–Trinajstić information content (AvgIpc) is 2.40. The summed E-state index contributed by atoms with van der Waals surface area (Å²) < 4.78 is 4.64. The third-order valence-electron chi connectivity index (χ3n) is 2.11. The first-order valence-electron chi connectivity index (χ1n) is 5.69. The Kier molecular flexibility index (Phi) is 5.98. The molecule has 0 fully saturated rings. The van der Waals surface area contributed by atoms with Gasteiger partial charge in [0.2, 0.25) is 5.91 Å². The lowest BCUT2D eigenvalue weighted by Gasteiger charge is -2.07. The number of carbonyl (C=O) groups is 3. The molecule has 1 aromatic rings. The molecule has 0 aliphatic heterocycles. The largest absolute Gasteiger partial charge is 0.480 e. The first-order chi connectivity index (χ1) is 9.51. The number of benzene rings is 1. The molecule has 4 N–H and O–H groups in total. The van der Waals surface area contributed by atoms with Crippen LogP contribution in [0.5, 0.6) is 0 Å². The van der Waals surface area contributed by atoms with Crippen LogP contribution in [-0.2, 0) is 14.3 Å². The number of hydrogen-bond acceptors (Lipinski definition) is 4. The highest BCUT2D eigenvalue weighted by molar-refractivity contribution is 5.93. The number of aliphatic carboxylic acids is 1. The van der Waals surface area contributed by atoms with Gasteiger partial charge in [-0.1, -0.05) is 0 Å². The van der Waals surface area contributed by atoms with Crippen molar-refractivity contribution in [1.82, 2.24) is 5.32 Å². The van der Waals surface area contributed by atoms with Crippen molar-refractivity contribution < 1.29 is 24.2 Å². The molecule has 20 heavy (non-hydrogen) atoms. The van der Waals surface area contributed by atoms with Crippen molar-refractivity contribution >= 4 is 29.3 Å². The molecule has 0 saturated heterocycles. The standard InChI is InChI=1S/C12H15N3O5/c1-13-12(19)15-9-4-2-8(3-5-9)14-10(16)6-20-7-11(17)18/h2-5H,6-7H2,1H3,(H,14,16)(H,17,18)(H2,13,15,19). The maximum atomic E-state index is 11.4. The van der Waals surface area contributed by atoms with Crippen molar-refractivity contribution in [3.63, 3.8) is 0 Å². The minimum Gasteiger partial charge on any atom is -0.480 e. The molecule has 0 unspecified atom stereocenters. The van der Waals surface area contributed by atoms with Gasteiger partial charge in [-0.2, -0.15) is 0 Å². The number of anilines is 2. The fraction of sp³-hybridized carbons (Fsp3) is 0.250. The lowest BCUT2D eigenvalue weighted by molar-refractivity contribution is -0.143. The van der Waals surface area contributed by atoms with Crippen LogP contribution < -0.4 is 16.0 Å². The van der Waals surface area contributed by atoms with Gasteiger partial charge in [0, 0.05) is 18.4 Å². The molecule has 0 atom stereocenters. The smallest absolute Gasteiger partial charge is 0.329 e. The lowest BCUT2D eigenvalue weighted by Crippen LogP contribution is -2.24. The van der Waals surface area contributed by atoms with E-state index in [0.29, 0.717) is 11.4 Å². The number of ether oxygens (including phenoxy) is 1. The Hall–Kier alpha value is -2.61. The minimum atomic E-state index is -1.14. The van der Waals surface area contributed by atoms with Crippen LogP contribution in [0.25, 0.3) is 0 Å². The Labute approximate surface area is 115 Å². The molecule has 0 heterocycles. The Bertz CT molecular complexity index is 486. The fourth-order valence-corrected chi connectivity index (χ4v) is 1.26. The van der Waals surface area contributed by atoms with Gasteiger partial charge in [-0.25, -0.2) is 9.59 Å². The number of urea groups is 1. The summed E-state index contributed by atoms with van der Waals surface area (Å²) in [5.74, 6) is -1.60.